The molecule has 5 atom stereocenters. The predicted molar refractivity (Wildman–Crippen MR) is 233 cm³/mol. The Kier molecular flexibility index (Phi) is 15.6. The summed E-state index contributed by atoms with van der Waals surface area (Å²) in [5.74, 6) is 3.44. The number of ether oxygens (including phenoxy) is 1. The molecular formula is C39H42N7O18P3. The average molecular weight is 990 g/mol. The molecule has 1 aliphatic carbocycles. The minimum Gasteiger partial charge on any atom is -0.478 e. The monoisotopic (exact) mass is 989 g/mol. The lowest BCUT2D eigenvalue weighted by molar-refractivity contribution is -0.121. The maximum Gasteiger partial charge on any atom is 0.490 e. The number of carboxylic acids is 1. The van der Waals surface area contributed by atoms with Crippen molar-refractivity contribution in [2.75, 3.05) is 31.2 Å². The number of hydrogen-bond donors (Lipinski definition) is 11. The van der Waals surface area contributed by atoms with Gasteiger partial charge in [0.15, 0.2) is 0 Å². The van der Waals surface area contributed by atoms with Gasteiger partial charge in [-0.15, -0.1) is 0 Å². The number of aromatic carboxylic acids is 1. The number of hydrogen-bond acceptors (Lipinski definition) is 17. The molecule has 1 saturated heterocycles. The van der Waals surface area contributed by atoms with E-state index < -0.39 is 66.1 Å². The Hall–Kier alpha value is -6.09. The molecule has 0 bridgehead atoms. The standard InChI is InChI=1S/C39H42N7O18P3/c40-23-8-11-26-30(16-23)61-31-17-24(41)9-12-27(31)35(26)28-15-21(7-10-25(28)38(50)51)37(49)44-13-3-1-2-6-33(48)43-14-4-5-22-19-46(39(52)45-36(22)42)34-18-29(47)32(62-34)20-60-66(56,57)64-67(58,59)63-65(53,54)55/h7-12,15-17,19,29,32,34,40,47H,1-3,6,13-14,18,20,41H2,(H,43,48)(H,44,49)(H,50,51)(H,56,57)(H,58,59)(H2,42,45,52)(H2,53,54,55)/t29-,32+,34+/m0/s1. The Bertz CT molecular complexity index is 3040. The number of nitrogens with zero attached hydrogens (tertiary/aromatic N) is 2. The van der Waals surface area contributed by atoms with Crippen molar-refractivity contribution in [2.24, 2.45) is 0 Å². The van der Waals surface area contributed by atoms with E-state index in [1.54, 1.807) is 30.3 Å². The van der Waals surface area contributed by atoms with Crippen LogP contribution in [0.5, 0.6) is 0 Å². The topological polar surface area (TPSA) is 409 Å². The van der Waals surface area contributed by atoms with E-state index >= 15 is 0 Å². The molecule has 0 spiro atoms. The number of amides is 2. The van der Waals surface area contributed by atoms with Crippen molar-refractivity contribution in [1.29, 1.82) is 5.41 Å². The second-order valence-corrected chi connectivity index (χ2v) is 19.1. The number of aromatic nitrogens is 2. The summed E-state index contributed by atoms with van der Waals surface area (Å²) >= 11 is 0. The number of fused-ring (bicyclic) bond motifs is 2. The Labute approximate surface area is 378 Å². The van der Waals surface area contributed by atoms with Crippen LogP contribution in [0.4, 0.5) is 11.5 Å². The lowest BCUT2D eigenvalue weighted by Crippen LogP contribution is -2.29. The van der Waals surface area contributed by atoms with E-state index in [1.165, 1.54) is 30.5 Å². The van der Waals surface area contributed by atoms with E-state index in [0.717, 1.165) is 4.57 Å². The fourth-order valence-corrected chi connectivity index (χ4v) is 9.86. The van der Waals surface area contributed by atoms with E-state index in [4.69, 9.17) is 35.8 Å². The molecule has 2 amide bonds. The summed E-state index contributed by atoms with van der Waals surface area (Å²) in [5.41, 5.74) is 13.2. The molecule has 3 heterocycles. The normalized spacial score (nSPS) is 17.8. The fourth-order valence-electron chi connectivity index (χ4n) is 6.83. The molecule has 356 valence electrons. The number of rotatable bonds is 18. The van der Waals surface area contributed by atoms with Crippen LogP contribution in [0.25, 0.3) is 33.4 Å². The van der Waals surface area contributed by atoms with Gasteiger partial charge in [0.2, 0.25) is 5.91 Å². The third-order valence-electron chi connectivity index (χ3n) is 9.80. The van der Waals surface area contributed by atoms with Crippen LogP contribution >= 0.6 is 23.5 Å². The van der Waals surface area contributed by atoms with Gasteiger partial charge in [-0.25, -0.2) is 23.3 Å². The van der Waals surface area contributed by atoms with Gasteiger partial charge in [-0.2, -0.15) is 13.6 Å². The van der Waals surface area contributed by atoms with Gasteiger partial charge in [0.05, 0.1) is 35.7 Å². The first kappa shape index (κ1) is 50.3. The molecule has 67 heavy (non-hydrogen) atoms. The lowest BCUT2D eigenvalue weighted by atomic mass is 9.89. The first-order valence-electron chi connectivity index (χ1n) is 19.7. The number of carbonyl (C=O) groups is 3. The number of aliphatic hydroxyl groups excluding tert-OH is 1. The second kappa shape index (κ2) is 20.8. The van der Waals surface area contributed by atoms with Crippen molar-refractivity contribution < 1.29 is 80.2 Å². The Morgan fingerprint density at radius 3 is 2.43 bits per heavy atom. The summed E-state index contributed by atoms with van der Waals surface area (Å²) in [6.07, 6.45) is -1.55. The van der Waals surface area contributed by atoms with E-state index in [9.17, 15) is 52.9 Å². The van der Waals surface area contributed by atoms with Gasteiger partial charge >= 0.3 is 35.1 Å². The first-order valence-corrected chi connectivity index (χ1v) is 24.2. The number of carbonyl (C=O) groups excluding carboxylic acids is 2. The molecule has 0 saturated carbocycles. The van der Waals surface area contributed by atoms with Gasteiger partial charge in [0, 0.05) is 65.5 Å². The fraction of sp³-hybridized carbons (Fsp3) is 0.282. The van der Waals surface area contributed by atoms with Crippen molar-refractivity contribution in [3.05, 3.63) is 93.3 Å². The number of anilines is 2. The maximum atomic E-state index is 13.3. The number of phosphoric acid groups is 3. The summed E-state index contributed by atoms with van der Waals surface area (Å²) in [6, 6.07) is 13.9. The minimum atomic E-state index is -5.78. The summed E-state index contributed by atoms with van der Waals surface area (Å²) < 4.78 is 58.7. The Morgan fingerprint density at radius 2 is 1.70 bits per heavy atom. The van der Waals surface area contributed by atoms with E-state index in [1.807, 2.05) is 0 Å². The molecule has 3 aliphatic rings. The number of unbranched alkanes of at least 4 members (excludes halogenated alkanes) is 2. The molecule has 1 aromatic heterocycles. The van der Waals surface area contributed by atoms with Crippen molar-refractivity contribution in [3.8, 4) is 34.3 Å². The number of nitrogens with one attached hydrogen (secondary N) is 3. The zero-order valence-electron chi connectivity index (χ0n) is 34.6. The van der Waals surface area contributed by atoms with Gasteiger partial charge in [-0.3, -0.25) is 18.7 Å². The van der Waals surface area contributed by atoms with Crippen molar-refractivity contribution in [3.63, 3.8) is 0 Å². The summed E-state index contributed by atoms with van der Waals surface area (Å²) in [4.78, 5) is 90.8. The van der Waals surface area contributed by atoms with Crippen LogP contribution in [0.2, 0.25) is 0 Å². The van der Waals surface area contributed by atoms with Crippen LogP contribution in [-0.2, 0) is 36.4 Å². The molecule has 3 aromatic rings. The highest BCUT2D eigenvalue weighted by Crippen LogP contribution is 2.66. The number of nitrogen functional groups attached to an aromatic ring is 2. The highest BCUT2D eigenvalue weighted by molar-refractivity contribution is 7.66. The molecule has 2 aliphatic heterocycles. The lowest BCUT2D eigenvalue weighted by Gasteiger charge is -2.19. The minimum absolute atomic E-state index is 0.0340. The van der Waals surface area contributed by atoms with Crippen LogP contribution in [0.3, 0.4) is 0 Å². The van der Waals surface area contributed by atoms with Crippen molar-refractivity contribution in [2.45, 2.75) is 50.5 Å². The van der Waals surface area contributed by atoms with E-state index in [0.29, 0.717) is 52.8 Å². The highest BCUT2D eigenvalue weighted by Gasteiger charge is 2.43. The van der Waals surface area contributed by atoms with Gasteiger partial charge in [-0.1, -0.05) is 18.3 Å². The molecule has 6 rings (SSSR count). The molecule has 25 nitrogen and oxygen atoms in total. The Balaban J connectivity index is 0.971. The molecule has 2 unspecified atom stereocenters. The van der Waals surface area contributed by atoms with Gasteiger partial charge in [0.25, 0.3) is 5.91 Å². The number of benzene rings is 3. The number of carboxylic acid groups (broad SMARTS) is 1. The molecule has 13 N–H and O–H groups in total. The van der Waals surface area contributed by atoms with Crippen molar-refractivity contribution in [1.82, 2.24) is 20.2 Å². The summed E-state index contributed by atoms with van der Waals surface area (Å²) in [5, 5.41) is 34.8. The smallest absolute Gasteiger partial charge is 0.478 e. The van der Waals surface area contributed by atoms with Crippen LogP contribution < -0.4 is 33.1 Å². The Morgan fingerprint density at radius 1 is 0.940 bits per heavy atom. The zero-order chi connectivity index (χ0) is 48.8. The molecule has 2 aromatic carbocycles. The summed E-state index contributed by atoms with van der Waals surface area (Å²) in [7, 11) is -16.9. The zero-order valence-corrected chi connectivity index (χ0v) is 37.3. The van der Waals surface area contributed by atoms with Gasteiger partial charge in [0.1, 0.15) is 29.5 Å². The SMILES string of the molecule is N=c1ccc2c(-c3cc(C(=O)NCCCCCC(=O)NCC#Cc4cn([C@H]5C[C@H](O)[C@@H](COP(=O)(O)OP(=O)(O)OP(=O)(O)O)O5)c(=O)nc4N)ccc3C(=O)O)c3ccc(N)cc3oc-2c1. The van der Waals surface area contributed by atoms with Crippen LogP contribution in [0.1, 0.15) is 64.6 Å². The third-order valence-corrected chi connectivity index (χ3v) is 13.6. The van der Waals surface area contributed by atoms with E-state index in [2.05, 4.69) is 40.6 Å². The van der Waals surface area contributed by atoms with Crippen LogP contribution in [0.15, 0.2) is 70.0 Å². The van der Waals surface area contributed by atoms with Gasteiger partial charge < -0.3 is 66.5 Å². The predicted octanol–water partition coefficient (Wildman–Crippen LogP) is 2.55. The molecule has 1 fully saturated rings. The maximum absolute atomic E-state index is 13.3. The van der Waals surface area contributed by atoms with Gasteiger partial charge in [-0.05, 0) is 60.9 Å². The first-order chi connectivity index (χ1) is 31.5. The second-order valence-electron chi connectivity index (χ2n) is 14.7. The van der Waals surface area contributed by atoms with Crippen LogP contribution in [0, 0.1) is 17.3 Å². The summed E-state index contributed by atoms with van der Waals surface area (Å²) in [6.45, 7) is -0.833. The quantitative estimate of drug-likeness (QED) is 0.0197. The van der Waals surface area contributed by atoms with E-state index in [-0.39, 0.29) is 65.3 Å². The average Bonchev–Trinajstić information content (AvgIpc) is 3.60. The molecular weight excluding hydrogens is 947 g/mol. The highest BCUT2D eigenvalue weighted by atomic mass is 31.3. The molecule has 0 radical (unpaired) electrons. The van der Waals surface area contributed by atoms with Crippen LogP contribution in [-0.4, -0.2) is 89.0 Å². The number of aliphatic hydroxyl groups is 1. The number of nitrogens with two attached hydrogens (primary N) is 2. The third kappa shape index (κ3) is 13.3. The number of phosphoric ester groups is 1. The molecule has 28 heteroatoms. The van der Waals surface area contributed by atoms with Crippen molar-refractivity contribution >= 4 is 63.7 Å². The largest absolute Gasteiger partial charge is 0.490 e.